The van der Waals surface area contributed by atoms with Crippen molar-refractivity contribution in [2.45, 2.75) is 18.5 Å². The normalized spacial score (nSPS) is 20.9. The average molecular weight is 608 g/mol. The Morgan fingerprint density at radius 2 is 1.43 bits per heavy atom. The molecule has 10 rings (SSSR count). The number of aromatic nitrogens is 1. The van der Waals surface area contributed by atoms with Crippen molar-refractivity contribution >= 4 is 65.9 Å². The first-order chi connectivity index (χ1) is 23.2. The number of fused-ring (bicyclic) bond motifs is 10. The highest BCUT2D eigenvalue weighted by molar-refractivity contribution is 6.27. The average Bonchev–Trinajstić information content (AvgIpc) is 3.68. The smallest absolute Gasteiger partial charge is 0.136 e. The number of rotatable bonds is 3. The van der Waals surface area contributed by atoms with Crippen LogP contribution in [0.3, 0.4) is 0 Å². The first-order valence-electron chi connectivity index (χ1n) is 16.5. The van der Waals surface area contributed by atoms with E-state index in [-0.39, 0.29) is 18.0 Å². The molecule has 4 nitrogen and oxygen atoms in total. The van der Waals surface area contributed by atoms with E-state index in [1.54, 1.807) is 0 Å². The largest absolute Gasteiger partial charge is 0.456 e. The first-order valence-corrected chi connectivity index (χ1v) is 16.5. The van der Waals surface area contributed by atoms with Crippen molar-refractivity contribution in [2.24, 2.45) is 5.92 Å². The Morgan fingerprint density at radius 1 is 0.681 bits per heavy atom. The topological polar surface area (TPSA) is 33.3 Å². The summed E-state index contributed by atoms with van der Waals surface area (Å²) >= 11 is 0. The van der Waals surface area contributed by atoms with Gasteiger partial charge in [-0.3, -0.25) is 0 Å². The number of allylic oxidation sites excluding steroid dienone is 6. The summed E-state index contributed by atoms with van der Waals surface area (Å²) < 4.78 is 8.76. The number of benzene rings is 5. The molecule has 0 spiro atoms. The Kier molecular flexibility index (Phi) is 5.71. The molecule has 2 aromatic heterocycles. The molecule has 3 unspecified atom stereocenters. The van der Waals surface area contributed by atoms with Crippen molar-refractivity contribution in [1.82, 2.24) is 14.8 Å². The highest BCUT2D eigenvalue weighted by Gasteiger charge is 2.35. The van der Waals surface area contributed by atoms with Gasteiger partial charge in [0.2, 0.25) is 0 Å². The molecule has 47 heavy (non-hydrogen) atoms. The fourth-order valence-electron chi connectivity index (χ4n) is 8.29. The minimum Gasteiger partial charge on any atom is -0.456 e. The van der Waals surface area contributed by atoms with E-state index in [4.69, 9.17) is 4.42 Å². The second kappa shape index (κ2) is 10.1. The maximum atomic E-state index is 6.28. The lowest BCUT2D eigenvalue weighted by Crippen LogP contribution is -2.52. The number of hydrogen-bond acceptors (Lipinski definition) is 3. The Morgan fingerprint density at radius 3 is 2.30 bits per heavy atom. The summed E-state index contributed by atoms with van der Waals surface area (Å²) in [5.74, 6) is 0.244. The zero-order chi connectivity index (χ0) is 31.1. The summed E-state index contributed by atoms with van der Waals surface area (Å²) in [4.78, 5) is 2.49. The van der Waals surface area contributed by atoms with Crippen LogP contribution in [-0.2, 0) is 0 Å². The third-order valence-electron chi connectivity index (χ3n) is 10.4. The van der Waals surface area contributed by atoms with Gasteiger partial charge in [0.05, 0.1) is 28.8 Å². The van der Waals surface area contributed by atoms with Gasteiger partial charge in [-0.15, -0.1) is 0 Å². The molecule has 0 fully saturated rings. The van der Waals surface area contributed by atoms with Crippen LogP contribution in [0.15, 0.2) is 156 Å². The number of nitrogens with zero attached hydrogens (tertiary/aromatic N) is 2. The zero-order valence-electron chi connectivity index (χ0n) is 26.1. The quantitative estimate of drug-likeness (QED) is 0.217. The van der Waals surface area contributed by atoms with Crippen molar-refractivity contribution in [3.8, 4) is 0 Å². The minimum absolute atomic E-state index is 0.243. The lowest BCUT2D eigenvalue weighted by molar-refractivity contribution is 0.273. The third kappa shape index (κ3) is 3.88. The van der Waals surface area contributed by atoms with Gasteiger partial charge in [-0.2, -0.15) is 0 Å². The zero-order valence-corrected chi connectivity index (χ0v) is 26.1. The van der Waals surface area contributed by atoms with Crippen molar-refractivity contribution in [2.75, 3.05) is 7.05 Å². The van der Waals surface area contributed by atoms with E-state index in [2.05, 4.69) is 161 Å². The van der Waals surface area contributed by atoms with E-state index in [0.29, 0.717) is 0 Å². The van der Waals surface area contributed by atoms with Crippen LogP contribution < -0.4 is 5.32 Å². The van der Waals surface area contributed by atoms with Gasteiger partial charge in [-0.1, -0.05) is 115 Å². The van der Waals surface area contributed by atoms with Gasteiger partial charge < -0.3 is 19.2 Å². The Balaban J connectivity index is 1.14. The molecule has 4 heteroatoms. The van der Waals surface area contributed by atoms with Gasteiger partial charge in [-0.05, 0) is 47.7 Å². The molecule has 0 amide bonds. The second-order valence-corrected chi connectivity index (χ2v) is 12.9. The summed E-state index contributed by atoms with van der Waals surface area (Å²) in [5, 5.41) is 11.3. The SMILES string of the molecule is CN1C(C2C=CC(n3c4ccccc4c4ccc5c(ccc6oc7ccccc7c65)c43)=CC2)=C(c2ccccc2)NC2C=CC=CC21. The van der Waals surface area contributed by atoms with Gasteiger partial charge in [-0.25, -0.2) is 0 Å². The lowest BCUT2D eigenvalue weighted by Gasteiger charge is -2.45. The Labute approximate surface area is 272 Å². The van der Waals surface area contributed by atoms with Gasteiger partial charge >= 0.3 is 0 Å². The monoisotopic (exact) mass is 607 g/mol. The lowest BCUT2D eigenvalue weighted by atomic mass is 9.87. The molecule has 0 radical (unpaired) electrons. The molecule has 1 N–H and O–H groups in total. The third-order valence-corrected chi connectivity index (χ3v) is 10.4. The van der Waals surface area contributed by atoms with Gasteiger partial charge in [0.25, 0.3) is 0 Å². The summed E-state index contributed by atoms with van der Waals surface area (Å²) in [7, 11) is 2.26. The van der Waals surface area contributed by atoms with Crippen LogP contribution in [0.5, 0.6) is 0 Å². The van der Waals surface area contributed by atoms with Crippen LogP contribution in [0.2, 0.25) is 0 Å². The second-order valence-electron chi connectivity index (χ2n) is 12.9. The number of furan rings is 1. The number of likely N-dealkylation sites (N-methyl/N-ethyl adjacent to an activating group) is 1. The van der Waals surface area contributed by atoms with Crippen LogP contribution >= 0.6 is 0 Å². The Bertz CT molecular complexity index is 2560. The molecule has 5 aromatic carbocycles. The maximum absolute atomic E-state index is 6.28. The Hall–Kier alpha value is -5.74. The predicted octanol–water partition coefficient (Wildman–Crippen LogP) is 10.0. The first kappa shape index (κ1) is 26.5. The fourth-order valence-corrected chi connectivity index (χ4v) is 8.29. The van der Waals surface area contributed by atoms with Crippen molar-refractivity contribution < 1.29 is 4.42 Å². The molecule has 0 bridgehead atoms. The molecule has 1 aliphatic heterocycles. The standard InChI is InChI=1S/C43H33N3O/c1-45-37-17-9-7-15-35(37)44-41(27-11-3-2-4-12-27)42(45)28-19-21-29(22-20-28)46-36-16-8-5-13-30(36)32-24-23-31-33(43(32)46)25-26-39-40(31)34-14-6-10-18-38(34)47-39/h2-19,21-26,28,35,37,44H,20H2,1H3. The van der Waals surface area contributed by atoms with E-state index in [1.165, 1.54) is 60.6 Å². The van der Waals surface area contributed by atoms with Crippen LogP contribution in [0.1, 0.15) is 12.0 Å². The van der Waals surface area contributed by atoms with Gasteiger partial charge in [0.1, 0.15) is 11.2 Å². The van der Waals surface area contributed by atoms with E-state index >= 15 is 0 Å². The van der Waals surface area contributed by atoms with Crippen LogP contribution in [0.25, 0.3) is 65.9 Å². The van der Waals surface area contributed by atoms with E-state index in [9.17, 15) is 0 Å². The number of para-hydroxylation sites is 2. The summed E-state index contributed by atoms with van der Waals surface area (Å²) in [6.45, 7) is 0. The van der Waals surface area contributed by atoms with Crippen molar-refractivity contribution in [3.63, 3.8) is 0 Å². The molecule has 3 aliphatic rings. The van der Waals surface area contributed by atoms with Crippen LogP contribution in [0, 0.1) is 5.92 Å². The molecule has 0 saturated carbocycles. The van der Waals surface area contributed by atoms with E-state index in [0.717, 1.165) is 23.0 Å². The van der Waals surface area contributed by atoms with Gasteiger partial charge in [0.15, 0.2) is 0 Å². The minimum atomic E-state index is 0.243. The summed E-state index contributed by atoms with van der Waals surface area (Å²) in [6, 6.07) is 37.5. The molecule has 0 saturated heterocycles. The summed E-state index contributed by atoms with van der Waals surface area (Å²) in [6.07, 6.45) is 17.0. The maximum Gasteiger partial charge on any atom is 0.136 e. The fraction of sp³-hybridized carbons (Fsp3) is 0.116. The molecule has 2 aliphatic carbocycles. The molecular weight excluding hydrogens is 574 g/mol. The van der Waals surface area contributed by atoms with E-state index < -0.39 is 0 Å². The summed E-state index contributed by atoms with van der Waals surface area (Å²) in [5.41, 5.74) is 9.33. The van der Waals surface area contributed by atoms with E-state index in [1.807, 2.05) is 6.07 Å². The predicted molar refractivity (Wildman–Crippen MR) is 196 cm³/mol. The van der Waals surface area contributed by atoms with Gasteiger partial charge in [0, 0.05) is 51.3 Å². The molecule has 226 valence electrons. The highest BCUT2D eigenvalue weighted by Crippen LogP contribution is 2.43. The van der Waals surface area contributed by atoms with Crippen molar-refractivity contribution in [1.29, 1.82) is 0 Å². The molecular formula is C43H33N3O. The van der Waals surface area contributed by atoms with Crippen LogP contribution in [-0.4, -0.2) is 28.6 Å². The number of hydrogen-bond donors (Lipinski definition) is 1. The van der Waals surface area contributed by atoms with Crippen LogP contribution in [0.4, 0.5) is 0 Å². The molecule has 3 atom stereocenters. The highest BCUT2D eigenvalue weighted by atomic mass is 16.3. The number of nitrogens with one attached hydrogen (secondary N) is 1. The van der Waals surface area contributed by atoms with Crippen molar-refractivity contribution in [3.05, 3.63) is 157 Å². The molecule has 3 heterocycles. The molecule has 7 aromatic rings.